The lowest BCUT2D eigenvalue weighted by molar-refractivity contribution is -0.122. The third kappa shape index (κ3) is 5.50. The first kappa shape index (κ1) is 22.9. The van der Waals surface area contributed by atoms with Crippen molar-refractivity contribution < 1.29 is 14.3 Å². The number of aryl methyl sites for hydroxylation is 1. The second-order valence-corrected chi connectivity index (χ2v) is 8.66. The number of nitrogens with zero attached hydrogens (tertiary/aromatic N) is 2. The number of aliphatic imine (C=N–C) groups is 1. The van der Waals surface area contributed by atoms with Gasteiger partial charge in [-0.05, 0) is 66.4 Å². The third-order valence-corrected chi connectivity index (χ3v) is 5.86. The number of ether oxygens (including phenoxy) is 2. The Hall–Kier alpha value is -2.73. The molecule has 6 heteroatoms. The summed E-state index contributed by atoms with van der Waals surface area (Å²) < 4.78 is 11.3. The van der Waals surface area contributed by atoms with Gasteiger partial charge in [0.25, 0.3) is 5.91 Å². The van der Waals surface area contributed by atoms with Gasteiger partial charge in [0, 0.05) is 6.54 Å². The molecule has 0 aliphatic carbocycles. The molecule has 1 heterocycles. The fourth-order valence-corrected chi connectivity index (χ4v) is 4.25. The van der Waals surface area contributed by atoms with Gasteiger partial charge >= 0.3 is 0 Å². The first-order valence-electron chi connectivity index (χ1n) is 10.7. The van der Waals surface area contributed by atoms with Crippen molar-refractivity contribution in [3.63, 3.8) is 0 Å². The Balaban J connectivity index is 1.89. The summed E-state index contributed by atoms with van der Waals surface area (Å²) in [5, 5.41) is 0.712. The summed E-state index contributed by atoms with van der Waals surface area (Å²) in [5.41, 5.74) is 2.96. The summed E-state index contributed by atoms with van der Waals surface area (Å²) in [6, 6.07) is 13.8. The van der Waals surface area contributed by atoms with E-state index in [2.05, 4.69) is 26.8 Å². The van der Waals surface area contributed by atoms with Crippen LogP contribution in [0.1, 0.15) is 38.8 Å². The number of para-hydroxylation sites is 1. The fraction of sp³-hybridized carbons (Fsp3) is 0.360. The van der Waals surface area contributed by atoms with Crippen LogP contribution in [-0.4, -0.2) is 36.2 Å². The lowest BCUT2D eigenvalue weighted by atomic mass is 10.1. The maximum atomic E-state index is 13.0. The highest BCUT2D eigenvalue weighted by atomic mass is 32.2. The van der Waals surface area contributed by atoms with E-state index in [4.69, 9.17) is 14.5 Å². The van der Waals surface area contributed by atoms with Crippen molar-refractivity contribution in [3.8, 4) is 11.5 Å². The third-order valence-electron chi connectivity index (χ3n) is 4.85. The summed E-state index contributed by atoms with van der Waals surface area (Å²) in [5.74, 6) is 1.76. The molecule has 0 spiro atoms. The zero-order valence-corrected chi connectivity index (χ0v) is 19.7. The van der Waals surface area contributed by atoms with Crippen LogP contribution in [0.25, 0.3) is 6.08 Å². The molecular formula is C25H30N2O3S. The first-order chi connectivity index (χ1) is 15.0. The van der Waals surface area contributed by atoms with Crippen LogP contribution in [0.3, 0.4) is 0 Å². The largest absolute Gasteiger partial charge is 0.493 e. The van der Waals surface area contributed by atoms with Crippen molar-refractivity contribution in [3.05, 3.63) is 58.5 Å². The van der Waals surface area contributed by atoms with E-state index in [9.17, 15) is 4.79 Å². The number of thioether (sulfide) groups is 1. The van der Waals surface area contributed by atoms with E-state index < -0.39 is 0 Å². The molecule has 1 fully saturated rings. The van der Waals surface area contributed by atoms with Gasteiger partial charge in [-0.15, -0.1) is 0 Å². The van der Waals surface area contributed by atoms with E-state index in [0.29, 0.717) is 40.6 Å². The normalized spacial score (nSPS) is 16.6. The summed E-state index contributed by atoms with van der Waals surface area (Å²) >= 11 is 1.41. The van der Waals surface area contributed by atoms with Crippen molar-refractivity contribution in [2.45, 2.75) is 34.1 Å². The number of amidine groups is 1. The smallest absolute Gasteiger partial charge is 0.266 e. The van der Waals surface area contributed by atoms with Gasteiger partial charge in [-0.25, -0.2) is 4.99 Å². The lowest BCUT2D eigenvalue weighted by Gasteiger charge is -2.13. The lowest BCUT2D eigenvalue weighted by Crippen LogP contribution is -2.28. The molecule has 164 valence electrons. The monoisotopic (exact) mass is 438 g/mol. The highest BCUT2D eigenvalue weighted by Crippen LogP contribution is 2.36. The molecule has 31 heavy (non-hydrogen) atoms. The fourth-order valence-electron chi connectivity index (χ4n) is 3.19. The van der Waals surface area contributed by atoms with Crippen LogP contribution in [0.4, 0.5) is 5.69 Å². The molecule has 0 unspecified atom stereocenters. The van der Waals surface area contributed by atoms with Gasteiger partial charge in [-0.1, -0.05) is 45.0 Å². The molecule has 0 saturated carbocycles. The Labute approximate surface area is 189 Å². The van der Waals surface area contributed by atoms with Gasteiger partial charge in [0.05, 0.1) is 24.3 Å². The zero-order chi connectivity index (χ0) is 22.4. The Bertz CT molecular complexity index is 998. The topological polar surface area (TPSA) is 51.1 Å². The quantitative estimate of drug-likeness (QED) is 0.480. The van der Waals surface area contributed by atoms with Crippen LogP contribution in [0.2, 0.25) is 0 Å². The second-order valence-electron chi connectivity index (χ2n) is 7.65. The highest BCUT2D eigenvalue weighted by molar-refractivity contribution is 8.18. The maximum absolute atomic E-state index is 13.0. The Morgan fingerprint density at radius 2 is 1.90 bits per heavy atom. The Morgan fingerprint density at radius 3 is 2.58 bits per heavy atom. The van der Waals surface area contributed by atoms with E-state index in [-0.39, 0.29) is 5.91 Å². The van der Waals surface area contributed by atoms with Crippen LogP contribution in [-0.2, 0) is 11.2 Å². The minimum atomic E-state index is -0.0284. The number of likely N-dealkylation sites (N-methyl/N-ethyl adjacent to an activating group) is 1. The highest BCUT2D eigenvalue weighted by Gasteiger charge is 2.32. The molecule has 5 nitrogen and oxygen atoms in total. The number of carbonyl (C=O) groups is 1. The van der Waals surface area contributed by atoms with E-state index in [1.165, 1.54) is 17.3 Å². The Morgan fingerprint density at radius 1 is 1.13 bits per heavy atom. The van der Waals surface area contributed by atoms with Crippen molar-refractivity contribution in [2.75, 3.05) is 20.3 Å². The molecule has 0 radical (unpaired) electrons. The SMILES string of the molecule is CCc1ccccc1N=C1S/C(=C/c2ccc(OCC(C)C)c(OC)c2)C(=O)N1CC. The summed E-state index contributed by atoms with van der Waals surface area (Å²) in [6.07, 6.45) is 2.78. The van der Waals surface area contributed by atoms with Gasteiger partial charge < -0.3 is 9.47 Å². The molecule has 1 saturated heterocycles. The predicted octanol–water partition coefficient (Wildman–Crippen LogP) is 5.92. The number of carbonyl (C=O) groups excluding carboxylic acids is 1. The molecule has 0 N–H and O–H groups in total. The number of hydrogen-bond acceptors (Lipinski definition) is 5. The van der Waals surface area contributed by atoms with Gasteiger partial charge in [0.15, 0.2) is 16.7 Å². The summed E-state index contributed by atoms with van der Waals surface area (Å²) in [7, 11) is 1.62. The molecule has 1 aliphatic rings. The molecule has 0 atom stereocenters. The molecule has 0 bridgehead atoms. The van der Waals surface area contributed by atoms with Crippen molar-refractivity contribution in [1.29, 1.82) is 0 Å². The van der Waals surface area contributed by atoms with E-state index in [1.807, 2.05) is 49.4 Å². The standard InChI is InChI=1S/C25H30N2O3S/c1-6-19-10-8-9-11-20(19)26-25-27(7-2)24(28)23(31-25)15-18-12-13-21(22(14-18)29-5)30-16-17(3)4/h8-15,17H,6-7,16H2,1-5H3/b23-15+,26-25?. The molecule has 2 aromatic carbocycles. The number of hydrogen-bond donors (Lipinski definition) is 0. The number of rotatable bonds is 8. The second kappa shape index (κ2) is 10.5. The number of benzene rings is 2. The number of amides is 1. The van der Waals surface area contributed by atoms with Crippen LogP contribution in [0, 0.1) is 5.92 Å². The molecule has 1 amide bonds. The van der Waals surface area contributed by atoms with Crippen molar-refractivity contribution in [2.24, 2.45) is 10.9 Å². The maximum Gasteiger partial charge on any atom is 0.266 e. The Kier molecular flexibility index (Phi) is 7.80. The van der Waals surface area contributed by atoms with E-state index in [1.54, 1.807) is 12.0 Å². The van der Waals surface area contributed by atoms with Crippen LogP contribution >= 0.6 is 11.8 Å². The molecule has 2 aromatic rings. The average Bonchev–Trinajstić information content (AvgIpc) is 3.06. The van der Waals surface area contributed by atoms with Gasteiger partial charge in [0.1, 0.15) is 0 Å². The zero-order valence-electron chi connectivity index (χ0n) is 18.8. The predicted molar refractivity (Wildman–Crippen MR) is 129 cm³/mol. The van der Waals surface area contributed by atoms with Crippen molar-refractivity contribution >= 4 is 34.6 Å². The average molecular weight is 439 g/mol. The molecule has 1 aliphatic heterocycles. The molecule has 3 rings (SSSR count). The number of methoxy groups -OCH3 is 1. The summed E-state index contributed by atoms with van der Waals surface area (Å²) in [6.45, 7) is 9.47. The summed E-state index contributed by atoms with van der Waals surface area (Å²) in [4.78, 5) is 20.2. The van der Waals surface area contributed by atoms with Gasteiger partial charge in [-0.2, -0.15) is 0 Å². The van der Waals surface area contributed by atoms with Gasteiger partial charge in [-0.3, -0.25) is 9.69 Å². The molecule has 0 aromatic heterocycles. The van der Waals surface area contributed by atoms with Crippen LogP contribution in [0.15, 0.2) is 52.4 Å². The van der Waals surface area contributed by atoms with Crippen LogP contribution in [0.5, 0.6) is 11.5 Å². The van der Waals surface area contributed by atoms with Gasteiger partial charge in [0.2, 0.25) is 0 Å². The minimum absolute atomic E-state index is 0.0284. The van der Waals surface area contributed by atoms with E-state index in [0.717, 1.165) is 17.7 Å². The first-order valence-corrected chi connectivity index (χ1v) is 11.5. The van der Waals surface area contributed by atoms with Crippen molar-refractivity contribution in [1.82, 2.24) is 4.90 Å². The van der Waals surface area contributed by atoms with E-state index >= 15 is 0 Å². The minimum Gasteiger partial charge on any atom is -0.493 e. The molecular weight excluding hydrogens is 408 g/mol. The van der Waals surface area contributed by atoms with Crippen LogP contribution < -0.4 is 9.47 Å².